The number of carbonyl (C=O) groups excluding carboxylic acids is 1. The maximum absolute atomic E-state index is 12.8. The Bertz CT molecular complexity index is 503. The molecule has 0 heterocycles. The molecule has 0 atom stereocenters. The van der Waals surface area contributed by atoms with Crippen LogP contribution >= 0.6 is 15.9 Å². The number of nitrogens with zero attached hydrogens (tertiary/aromatic N) is 1. The van der Waals surface area contributed by atoms with Gasteiger partial charge in [0.05, 0.1) is 5.56 Å². The Hall–Kier alpha value is -1.08. The SMILES string of the molecule is CC(C)N(C)CCNC(=O)c1ccc(Br)c(C(F)(F)F)c1. The van der Waals surface area contributed by atoms with Crippen LogP contribution in [0.2, 0.25) is 0 Å². The van der Waals surface area contributed by atoms with Crippen molar-refractivity contribution in [2.24, 2.45) is 0 Å². The fraction of sp³-hybridized carbons (Fsp3) is 0.500. The number of carbonyl (C=O) groups is 1. The van der Waals surface area contributed by atoms with Crippen LogP contribution in [0.3, 0.4) is 0 Å². The second-order valence-corrected chi connectivity index (χ2v) is 5.88. The molecule has 0 radical (unpaired) electrons. The van der Waals surface area contributed by atoms with E-state index in [1.165, 1.54) is 12.1 Å². The highest BCUT2D eigenvalue weighted by atomic mass is 79.9. The lowest BCUT2D eigenvalue weighted by atomic mass is 10.1. The minimum atomic E-state index is -4.49. The molecule has 3 nitrogen and oxygen atoms in total. The predicted molar refractivity (Wildman–Crippen MR) is 79.2 cm³/mol. The monoisotopic (exact) mass is 366 g/mol. The van der Waals surface area contributed by atoms with E-state index in [-0.39, 0.29) is 10.0 Å². The Morgan fingerprint density at radius 1 is 1.38 bits per heavy atom. The van der Waals surface area contributed by atoms with Crippen LogP contribution in [0.4, 0.5) is 13.2 Å². The molecule has 1 aromatic rings. The molecule has 0 saturated carbocycles. The molecule has 0 aliphatic heterocycles. The summed E-state index contributed by atoms with van der Waals surface area (Å²) in [5.74, 6) is -0.509. The van der Waals surface area contributed by atoms with Gasteiger partial charge in [0.25, 0.3) is 5.91 Å². The van der Waals surface area contributed by atoms with E-state index in [0.717, 1.165) is 6.07 Å². The zero-order chi connectivity index (χ0) is 16.2. The van der Waals surface area contributed by atoms with E-state index in [1.807, 2.05) is 25.8 Å². The summed E-state index contributed by atoms with van der Waals surface area (Å²) in [6, 6.07) is 3.79. The number of alkyl halides is 3. The second-order valence-electron chi connectivity index (χ2n) is 5.02. The highest BCUT2D eigenvalue weighted by Gasteiger charge is 2.33. The number of hydrogen-bond acceptors (Lipinski definition) is 2. The summed E-state index contributed by atoms with van der Waals surface area (Å²) >= 11 is 2.84. The fourth-order valence-electron chi connectivity index (χ4n) is 1.59. The average molecular weight is 367 g/mol. The summed E-state index contributed by atoms with van der Waals surface area (Å²) < 4.78 is 38.2. The van der Waals surface area contributed by atoms with Gasteiger partial charge >= 0.3 is 6.18 Å². The molecule has 118 valence electrons. The minimum absolute atomic E-state index is 0.00211. The zero-order valence-electron chi connectivity index (χ0n) is 12.1. The van der Waals surface area contributed by atoms with Crippen molar-refractivity contribution in [3.63, 3.8) is 0 Å². The van der Waals surface area contributed by atoms with Crippen molar-refractivity contribution in [2.75, 3.05) is 20.1 Å². The molecule has 0 fully saturated rings. The standard InChI is InChI=1S/C14H18BrF3N2O/c1-9(2)20(3)7-6-19-13(21)10-4-5-12(15)11(8-10)14(16,17)18/h4-5,8-9H,6-7H2,1-3H3,(H,19,21). The van der Waals surface area contributed by atoms with Gasteiger partial charge in [0.15, 0.2) is 0 Å². The van der Waals surface area contributed by atoms with Gasteiger partial charge in [0.2, 0.25) is 0 Å². The van der Waals surface area contributed by atoms with Gasteiger partial charge < -0.3 is 10.2 Å². The molecule has 1 amide bonds. The van der Waals surface area contributed by atoms with Crippen molar-refractivity contribution in [2.45, 2.75) is 26.1 Å². The maximum Gasteiger partial charge on any atom is 0.417 e. The number of hydrogen-bond donors (Lipinski definition) is 1. The first-order valence-electron chi connectivity index (χ1n) is 6.48. The largest absolute Gasteiger partial charge is 0.417 e. The third-order valence-corrected chi connectivity index (χ3v) is 3.86. The molecule has 7 heteroatoms. The van der Waals surface area contributed by atoms with Crippen molar-refractivity contribution >= 4 is 21.8 Å². The number of likely N-dealkylation sites (N-methyl/N-ethyl adjacent to an activating group) is 1. The molecule has 1 N–H and O–H groups in total. The van der Waals surface area contributed by atoms with Crippen LogP contribution in [-0.4, -0.2) is 37.0 Å². The van der Waals surface area contributed by atoms with Crippen LogP contribution in [0.25, 0.3) is 0 Å². The van der Waals surface area contributed by atoms with Gasteiger partial charge in [-0.05, 0) is 39.1 Å². The minimum Gasteiger partial charge on any atom is -0.351 e. The lowest BCUT2D eigenvalue weighted by Crippen LogP contribution is -2.36. The van der Waals surface area contributed by atoms with E-state index in [2.05, 4.69) is 21.2 Å². The van der Waals surface area contributed by atoms with Crippen LogP contribution in [-0.2, 0) is 6.18 Å². The number of benzene rings is 1. The van der Waals surface area contributed by atoms with Crippen LogP contribution in [0, 0.1) is 0 Å². The number of nitrogens with one attached hydrogen (secondary N) is 1. The molecule has 0 aliphatic rings. The molecule has 0 spiro atoms. The fourth-order valence-corrected chi connectivity index (χ4v) is 2.06. The Balaban J connectivity index is 2.71. The highest BCUT2D eigenvalue weighted by molar-refractivity contribution is 9.10. The lowest BCUT2D eigenvalue weighted by molar-refractivity contribution is -0.138. The van der Waals surface area contributed by atoms with Crippen molar-refractivity contribution in [3.05, 3.63) is 33.8 Å². The normalized spacial score (nSPS) is 12.0. The topological polar surface area (TPSA) is 32.3 Å². The maximum atomic E-state index is 12.8. The predicted octanol–water partition coefficient (Wildman–Crippen LogP) is 3.54. The Labute approximate surface area is 130 Å². The van der Waals surface area contributed by atoms with Crippen molar-refractivity contribution in [1.82, 2.24) is 10.2 Å². The zero-order valence-corrected chi connectivity index (χ0v) is 13.7. The van der Waals surface area contributed by atoms with Gasteiger partial charge in [-0.1, -0.05) is 15.9 Å². The third-order valence-electron chi connectivity index (χ3n) is 3.17. The molecule has 1 rings (SSSR count). The summed E-state index contributed by atoms with van der Waals surface area (Å²) in [6.45, 7) is 5.05. The van der Waals surface area contributed by atoms with Crippen LogP contribution in [0.5, 0.6) is 0 Å². The average Bonchev–Trinajstić information content (AvgIpc) is 2.37. The first kappa shape index (κ1) is 18.0. The van der Waals surface area contributed by atoms with Crippen LogP contribution in [0.1, 0.15) is 29.8 Å². The summed E-state index contributed by atoms with van der Waals surface area (Å²) in [4.78, 5) is 13.9. The molecular weight excluding hydrogens is 349 g/mol. The molecule has 0 bridgehead atoms. The first-order chi connectivity index (χ1) is 9.62. The summed E-state index contributed by atoms with van der Waals surface area (Å²) in [7, 11) is 1.91. The second kappa shape index (κ2) is 7.26. The van der Waals surface area contributed by atoms with E-state index in [9.17, 15) is 18.0 Å². The summed E-state index contributed by atoms with van der Waals surface area (Å²) in [5, 5.41) is 2.62. The van der Waals surface area contributed by atoms with Gasteiger partial charge in [0.1, 0.15) is 0 Å². The lowest BCUT2D eigenvalue weighted by Gasteiger charge is -2.21. The number of rotatable bonds is 5. The smallest absolute Gasteiger partial charge is 0.351 e. The van der Waals surface area contributed by atoms with Crippen molar-refractivity contribution in [3.8, 4) is 0 Å². The van der Waals surface area contributed by atoms with Gasteiger partial charge in [-0.15, -0.1) is 0 Å². The summed E-state index contributed by atoms with van der Waals surface area (Å²) in [6.07, 6.45) is -4.49. The molecule has 0 aliphatic carbocycles. The summed E-state index contributed by atoms with van der Waals surface area (Å²) in [5.41, 5.74) is -0.854. The molecular formula is C14H18BrF3N2O. The van der Waals surface area contributed by atoms with Gasteiger partial charge in [-0.25, -0.2) is 0 Å². The van der Waals surface area contributed by atoms with E-state index < -0.39 is 17.6 Å². The van der Waals surface area contributed by atoms with E-state index in [1.54, 1.807) is 0 Å². The molecule has 1 aromatic carbocycles. The molecule has 21 heavy (non-hydrogen) atoms. The number of amides is 1. The van der Waals surface area contributed by atoms with Gasteiger partial charge in [-0.3, -0.25) is 4.79 Å². The van der Waals surface area contributed by atoms with E-state index in [0.29, 0.717) is 19.1 Å². The molecule has 0 aromatic heterocycles. The third kappa shape index (κ3) is 5.32. The van der Waals surface area contributed by atoms with Gasteiger partial charge in [-0.2, -0.15) is 13.2 Å². The van der Waals surface area contributed by atoms with Crippen LogP contribution < -0.4 is 5.32 Å². The Morgan fingerprint density at radius 3 is 2.52 bits per heavy atom. The molecule has 0 unspecified atom stereocenters. The van der Waals surface area contributed by atoms with Crippen LogP contribution in [0.15, 0.2) is 22.7 Å². The van der Waals surface area contributed by atoms with Crippen molar-refractivity contribution in [1.29, 1.82) is 0 Å². The quantitative estimate of drug-likeness (QED) is 0.864. The Morgan fingerprint density at radius 2 is 2.00 bits per heavy atom. The van der Waals surface area contributed by atoms with E-state index in [4.69, 9.17) is 0 Å². The van der Waals surface area contributed by atoms with E-state index >= 15 is 0 Å². The first-order valence-corrected chi connectivity index (χ1v) is 7.27. The highest BCUT2D eigenvalue weighted by Crippen LogP contribution is 2.35. The Kier molecular flexibility index (Phi) is 6.22. The van der Waals surface area contributed by atoms with Crippen molar-refractivity contribution < 1.29 is 18.0 Å². The van der Waals surface area contributed by atoms with Gasteiger partial charge in [0, 0.05) is 29.2 Å². The molecule has 0 saturated heterocycles. The number of halogens is 4.